The Bertz CT molecular complexity index is 109. The molecule has 0 rings (SSSR count). The van der Waals surface area contributed by atoms with Crippen molar-refractivity contribution in [3.05, 3.63) is 0 Å². The van der Waals surface area contributed by atoms with Crippen LogP contribution in [0.15, 0.2) is 0 Å². The third kappa shape index (κ3) is 4.33. The van der Waals surface area contributed by atoms with E-state index in [1.54, 1.807) is 0 Å². The second kappa shape index (κ2) is 6.56. The maximum Gasteiger partial charge on any atom is 0.0594 e. The molecule has 0 aliphatic rings. The lowest BCUT2D eigenvalue weighted by molar-refractivity contribution is 0.227. The summed E-state index contributed by atoms with van der Waals surface area (Å²) >= 11 is 0. The van der Waals surface area contributed by atoms with Crippen LogP contribution in [0.4, 0.5) is 0 Å². The van der Waals surface area contributed by atoms with Gasteiger partial charge in [-0.25, -0.2) is 0 Å². The monoisotopic (exact) mass is 143 g/mol. The summed E-state index contributed by atoms with van der Waals surface area (Å²) in [6, 6.07) is -0.0721. The standard InChI is InChI=1S/C7H13NO2/c1-2-3-7(6-10)8-4-5-9/h1,7-10H,3-6H2. The minimum Gasteiger partial charge on any atom is -0.395 e. The third-order valence-electron chi connectivity index (χ3n) is 1.13. The molecule has 0 radical (unpaired) electrons. The molecule has 0 heterocycles. The molecule has 0 aliphatic heterocycles. The summed E-state index contributed by atoms with van der Waals surface area (Å²) in [5.74, 6) is 2.42. The van der Waals surface area contributed by atoms with E-state index < -0.39 is 0 Å². The van der Waals surface area contributed by atoms with E-state index in [9.17, 15) is 0 Å². The van der Waals surface area contributed by atoms with Gasteiger partial charge in [-0.05, 0) is 0 Å². The minimum absolute atomic E-state index is 0.0181. The molecule has 0 fully saturated rings. The molecule has 0 aliphatic carbocycles. The topological polar surface area (TPSA) is 52.5 Å². The van der Waals surface area contributed by atoms with Crippen molar-refractivity contribution in [3.8, 4) is 12.3 Å². The van der Waals surface area contributed by atoms with E-state index >= 15 is 0 Å². The van der Waals surface area contributed by atoms with Gasteiger partial charge in [-0.3, -0.25) is 0 Å². The van der Waals surface area contributed by atoms with Crippen molar-refractivity contribution in [3.63, 3.8) is 0 Å². The molecule has 0 aromatic rings. The van der Waals surface area contributed by atoms with Gasteiger partial charge in [0.2, 0.25) is 0 Å². The number of rotatable bonds is 5. The van der Waals surface area contributed by atoms with Gasteiger partial charge in [0, 0.05) is 19.0 Å². The first-order valence-electron chi connectivity index (χ1n) is 3.23. The molecular formula is C7H13NO2. The summed E-state index contributed by atoms with van der Waals surface area (Å²) < 4.78 is 0. The van der Waals surface area contributed by atoms with E-state index in [1.807, 2.05) is 0 Å². The van der Waals surface area contributed by atoms with Crippen LogP contribution in [0, 0.1) is 12.3 Å². The third-order valence-corrected chi connectivity index (χ3v) is 1.13. The van der Waals surface area contributed by atoms with Crippen LogP contribution in [0.1, 0.15) is 6.42 Å². The first kappa shape index (κ1) is 9.44. The molecular weight excluding hydrogens is 130 g/mol. The molecule has 0 spiro atoms. The first-order valence-corrected chi connectivity index (χ1v) is 3.23. The highest BCUT2D eigenvalue weighted by Crippen LogP contribution is 1.86. The fraction of sp³-hybridized carbons (Fsp3) is 0.714. The smallest absolute Gasteiger partial charge is 0.0594 e. The van der Waals surface area contributed by atoms with Crippen molar-refractivity contribution < 1.29 is 10.2 Å². The van der Waals surface area contributed by atoms with Gasteiger partial charge in [0.15, 0.2) is 0 Å². The number of aliphatic hydroxyl groups excluding tert-OH is 2. The molecule has 0 amide bonds. The largest absolute Gasteiger partial charge is 0.395 e. The number of hydrogen-bond donors (Lipinski definition) is 3. The highest BCUT2D eigenvalue weighted by Gasteiger charge is 2.01. The molecule has 0 saturated heterocycles. The predicted molar refractivity (Wildman–Crippen MR) is 39.4 cm³/mol. The second-order valence-corrected chi connectivity index (χ2v) is 1.97. The van der Waals surface area contributed by atoms with Gasteiger partial charge in [-0.15, -0.1) is 12.3 Å². The first-order chi connectivity index (χ1) is 4.85. The molecule has 3 nitrogen and oxygen atoms in total. The van der Waals surface area contributed by atoms with Gasteiger partial charge in [-0.2, -0.15) is 0 Å². The Morgan fingerprint density at radius 1 is 1.50 bits per heavy atom. The summed E-state index contributed by atoms with van der Waals surface area (Å²) in [7, 11) is 0. The minimum atomic E-state index is -0.0721. The van der Waals surface area contributed by atoms with E-state index in [1.165, 1.54) is 0 Å². The zero-order valence-electron chi connectivity index (χ0n) is 5.88. The Kier molecular flexibility index (Phi) is 6.19. The van der Waals surface area contributed by atoms with Crippen LogP contribution in [0.3, 0.4) is 0 Å². The molecule has 1 unspecified atom stereocenters. The lowest BCUT2D eigenvalue weighted by Gasteiger charge is -2.11. The van der Waals surface area contributed by atoms with Crippen molar-refractivity contribution in [2.24, 2.45) is 0 Å². The summed E-state index contributed by atoms with van der Waals surface area (Å²) in [6.45, 7) is 0.568. The zero-order chi connectivity index (χ0) is 7.82. The average molecular weight is 143 g/mol. The van der Waals surface area contributed by atoms with Gasteiger partial charge in [-0.1, -0.05) is 0 Å². The Hall–Kier alpha value is -0.560. The van der Waals surface area contributed by atoms with Gasteiger partial charge in [0.05, 0.1) is 13.2 Å². The van der Waals surface area contributed by atoms with E-state index in [0.29, 0.717) is 13.0 Å². The van der Waals surface area contributed by atoms with Crippen LogP contribution in [0.2, 0.25) is 0 Å². The summed E-state index contributed by atoms with van der Waals surface area (Å²) in [5.41, 5.74) is 0. The van der Waals surface area contributed by atoms with Gasteiger partial charge in [0.25, 0.3) is 0 Å². The quantitative estimate of drug-likeness (QED) is 0.430. The number of hydrogen-bond acceptors (Lipinski definition) is 3. The van der Waals surface area contributed by atoms with Crippen LogP contribution in [0.5, 0.6) is 0 Å². The fourth-order valence-electron chi connectivity index (χ4n) is 0.612. The maximum absolute atomic E-state index is 8.64. The molecule has 0 aromatic heterocycles. The molecule has 1 atom stereocenters. The van der Waals surface area contributed by atoms with Crippen molar-refractivity contribution >= 4 is 0 Å². The van der Waals surface area contributed by atoms with E-state index in [2.05, 4.69) is 11.2 Å². The normalized spacial score (nSPS) is 12.5. The Morgan fingerprint density at radius 2 is 2.20 bits per heavy atom. The van der Waals surface area contributed by atoms with Crippen LogP contribution in [-0.2, 0) is 0 Å². The number of terminal acetylenes is 1. The maximum atomic E-state index is 8.64. The Labute approximate surface area is 61.1 Å². The predicted octanol–water partition coefficient (Wildman–Crippen LogP) is -1.05. The highest BCUT2D eigenvalue weighted by molar-refractivity contribution is 4.89. The highest BCUT2D eigenvalue weighted by atomic mass is 16.3. The summed E-state index contributed by atoms with van der Waals surface area (Å²) in [5, 5.41) is 19.9. The van der Waals surface area contributed by atoms with Gasteiger partial charge in [0.1, 0.15) is 0 Å². The van der Waals surface area contributed by atoms with Crippen molar-refractivity contribution in [1.82, 2.24) is 5.32 Å². The van der Waals surface area contributed by atoms with Crippen LogP contribution < -0.4 is 5.32 Å². The molecule has 58 valence electrons. The molecule has 10 heavy (non-hydrogen) atoms. The van der Waals surface area contributed by atoms with Crippen molar-refractivity contribution in [1.29, 1.82) is 0 Å². The second-order valence-electron chi connectivity index (χ2n) is 1.97. The lowest BCUT2D eigenvalue weighted by atomic mass is 10.2. The van der Waals surface area contributed by atoms with E-state index in [-0.39, 0.29) is 19.3 Å². The SMILES string of the molecule is C#CCC(CO)NCCO. The van der Waals surface area contributed by atoms with Crippen LogP contribution >= 0.6 is 0 Å². The van der Waals surface area contributed by atoms with Gasteiger partial charge >= 0.3 is 0 Å². The average Bonchev–Trinajstić information content (AvgIpc) is 1.98. The molecule has 3 N–H and O–H groups in total. The fourth-order valence-corrected chi connectivity index (χ4v) is 0.612. The van der Waals surface area contributed by atoms with Gasteiger partial charge < -0.3 is 15.5 Å². The van der Waals surface area contributed by atoms with E-state index in [0.717, 1.165) is 0 Å². The molecule has 0 aromatic carbocycles. The number of nitrogens with one attached hydrogen (secondary N) is 1. The zero-order valence-corrected chi connectivity index (χ0v) is 5.88. The van der Waals surface area contributed by atoms with Crippen LogP contribution in [0.25, 0.3) is 0 Å². The molecule has 0 saturated carbocycles. The lowest BCUT2D eigenvalue weighted by Crippen LogP contribution is -2.34. The van der Waals surface area contributed by atoms with E-state index in [4.69, 9.17) is 16.6 Å². The Balaban J connectivity index is 3.32. The van der Waals surface area contributed by atoms with Crippen molar-refractivity contribution in [2.45, 2.75) is 12.5 Å². The molecule has 0 bridgehead atoms. The van der Waals surface area contributed by atoms with Crippen LogP contribution in [-0.4, -0.2) is 36.0 Å². The Morgan fingerprint density at radius 3 is 2.60 bits per heavy atom. The van der Waals surface area contributed by atoms with Crippen molar-refractivity contribution in [2.75, 3.05) is 19.8 Å². The molecule has 3 heteroatoms. The summed E-state index contributed by atoms with van der Waals surface area (Å²) in [6.07, 6.45) is 5.51. The summed E-state index contributed by atoms with van der Waals surface area (Å²) in [4.78, 5) is 0. The number of aliphatic hydroxyl groups is 2.